The van der Waals surface area contributed by atoms with E-state index < -0.39 is 30.5 Å². The van der Waals surface area contributed by atoms with Crippen LogP contribution in [-0.4, -0.2) is 28.6 Å². The van der Waals surface area contributed by atoms with Crippen LogP contribution in [0.1, 0.15) is 40.0 Å². The lowest BCUT2D eigenvalue weighted by Gasteiger charge is -2.15. The summed E-state index contributed by atoms with van der Waals surface area (Å²) in [6.07, 6.45) is 2.55. The number of sulfone groups is 1. The second kappa shape index (κ2) is 8.35. The lowest BCUT2D eigenvalue weighted by Crippen LogP contribution is -2.32. The molecular weight excluding hydrogens is 360 g/mol. The summed E-state index contributed by atoms with van der Waals surface area (Å²) in [5.74, 6) is -3.00. The first-order valence-corrected chi connectivity index (χ1v) is 10.6. The van der Waals surface area contributed by atoms with Crippen molar-refractivity contribution in [2.75, 3.05) is 0 Å². The van der Waals surface area contributed by atoms with Gasteiger partial charge in [0, 0.05) is 6.04 Å². The van der Waals surface area contributed by atoms with Crippen LogP contribution in [0.2, 0.25) is 0 Å². The molecule has 1 N–H and O–H groups in total. The summed E-state index contributed by atoms with van der Waals surface area (Å²) in [5.41, 5.74) is 0. The molecule has 1 aromatic carbocycles. The molecule has 0 bridgehead atoms. The van der Waals surface area contributed by atoms with E-state index in [1.807, 2.05) is 0 Å². The average Bonchev–Trinajstić information content (AvgIpc) is 2.46. The van der Waals surface area contributed by atoms with Crippen molar-refractivity contribution in [2.45, 2.75) is 61.6 Å². The zero-order valence-corrected chi connectivity index (χ0v) is 15.5. The van der Waals surface area contributed by atoms with Crippen molar-refractivity contribution in [1.29, 1.82) is 0 Å². The molecule has 1 aromatic rings. The molecule has 0 aliphatic rings. The van der Waals surface area contributed by atoms with Crippen LogP contribution in [0.25, 0.3) is 0 Å². The third kappa shape index (κ3) is 5.78. The molecule has 24 heavy (non-hydrogen) atoms. The number of hydrogen-bond donors (Lipinski definition) is 1. The summed E-state index contributed by atoms with van der Waals surface area (Å²) in [6, 6.07) is 3.49. The lowest BCUT2D eigenvalue weighted by molar-refractivity contribution is 0.234. The minimum atomic E-state index is -4.73. The van der Waals surface area contributed by atoms with Crippen LogP contribution in [0.15, 0.2) is 34.1 Å². The Balaban J connectivity index is 2.81. The minimum absolute atomic E-state index is 0.161. The zero-order valence-electron chi connectivity index (χ0n) is 13.9. The van der Waals surface area contributed by atoms with Crippen LogP contribution in [0.3, 0.4) is 0 Å². The maximum atomic E-state index is 12.5. The van der Waals surface area contributed by atoms with E-state index in [-0.39, 0.29) is 10.9 Å². The number of rotatable bonds is 9. The van der Waals surface area contributed by atoms with Crippen molar-refractivity contribution in [1.82, 2.24) is 4.72 Å². The Morgan fingerprint density at radius 1 is 0.917 bits per heavy atom. The molecule has 1 rings (SSSR count). The van der Waals surface area contributed by atoms with Crippen LogP contribution in [0.4, 0.5) is 8.78 Å². The quantitative estimate of drug-likeness (QED) is 0.710. The molecule has 0 spiro atoms. The van der Waals surface area contributed by atoms with Gasteiger partial charge in [0.1, 0.15) is 0 Å². The summed E-state index contributed by atoms with van der Waals surface area (Å²) in [7, 11) is -8.56. The topological polar surface area (TPSA) is 80.3 Å². The Morgan fingerprint density at radius 2 is 1.42 bits per heavy atom. The van der Waals surface area contributed by atoms with E-state index in [2.05, 4.69) is 18.6 Å². The Morgan fingerprint density at radius 3 is 1.88 bits per heavy atom. The molecule has 9 heteroatoms. The Labute approximate surface area is 142 Å². The van der Waals surface area contributed by atoms with Crippen LogP contribution in [0.5, 0.6) is 0 Å². The molecular formula is C15H23F2NO4S2. The van der Waals surface area contributed by atoms with Crippen LogP contribution >= 0.6 is 0 Å². The zero-order chi connectivity index (χ0) is 18.5. The molecule has 0 aromatic heterocycles. The number of benzene rings is 1. The molecule has 0 heterocycles. The summed E-state index contributed by atoms with van der Waals surface area (Å²) in [4.78, 5) is -0.771. The highest BCUT2D eigenvalue weighted by Crippen LogP contribution is 2.20. The predicted octanol–water partition coefficient (Wildman–Crippen LogP) is 3.18. The molecule has 0 aliphatic heterocycles. The molecule has 1 atom stereocenters. The van der Waals surface area contributed by atoms with Crippen molar-refractivity contribution < 1.29 is 25.6 Å². The highest BCUT2D eigenvalue weighted by Gasteiger charge is 2.27. The summed E-state index contributed by atoms with van der Waals surface area (Å²) in [5, 5.41) is 0. The second-order valence-electron chi connectivity index (χ2n) is 6.12. The van der Waals surface area contributed by atoms with Gasteiger partial charge >= 0.3 is 5.76 Å². The first kappa shape index (κ1) is 21.0. The van der Waals surface area contributed by atoms with Gasteiger partial charge in [0.15, 0.2) is 0 Å². The van der Waals surface area contributed by atoms with Crippen molar-refractivity contribution >= 4 is 19.9 Å². The summed E-state index contributed by atoms with van der Waals surface area (Å²) < 4.78 is 74.5. The Bertz CT molecular complexity index is 729. The minimum Gasteiger partial charge on any atom is -0.218 e. The van der Waals surface area contributed by atoms with E-state index in [4.69, 9.17) is 0 Å². The van der Waals surface area contributed by atoms with Gasteiger partial charge in [0.05, 0.1) is 9.79 Å². The van der Waals surface area contributed by atoms with Crippen LogP contribution in [-0.2, 0) is 19.9 Å². The van der Waals surface area contributed by atoms with Gasteiger partial charge in [-0.25, -0.2) is 21.6 Å². The third-order valence-electron chi connectivity index (χ3n) is 3.47. The maximum Gasteiger partial charge on any atom is 0.341 e. The van der Waals surface area contributed by atoms with Crippen molar-refractivity contribution in [3.8, 4) is 0 Å². The third-order valence-corrected chi connectivity index (χ3v) is 6.48. The first-order valence-electron chi connectivity index (χ1n) is 7.61. The van der Waals surface area contributed by atoms with E-state index in [9.17, 15) is 25.6 Å². The van der Waals surface area contributed by atoms with Gasteiger partial charge in [-0.2, -0.15) is 8.78 Å². The first-order chi connectivity index (χ1) is 11.0. The van der Waals surface area contributed by atoms with Gasteiger partial charge < -0.3 is 0 Å². The van der Waals surface area contributed by atoms with Crippen LogP contribution < -0.4 is 4.72 Å². The lowest BCUT2D eigenvalue weighted by atomic mass is 10.0. The normalized spacial score (nSPS) is 14.3. The van der Waals surface area contributed by atoms with E-state index in [0.717, 1.165) is 37.1 Å². The fourth-order valence-corrected chi connectivity index (χ4v) is 4.13. The van der Waals surface area contributed by atoms with Crippen molar-refractivity contribution in [2.24, 2.45) is 5.92 Å². The molecule has 0 fully saturated rings. The molecule has 1 unspecified atom stereocenters. The molecule has 0 saturated heterocycles. The van der Waals surface area contributed by atoms with Gasteiger partial charge in [-0.3, -0.25) is 0 Å². The van der Waals surface area contributed by atoms with E-state index in [1.54, 1.807) is 6.92 Å². The summed E-state index contributed by atoms with van der Waals surface area (Å²) >= 11 is 0. The number of halogens is 2. The molecule has 5 nitrogen and oxygen atoms in total. The highest BCUT2D eigenvalue weighted by molar-refractivity contribution is 7.91. The fraction of sp³-hybridized carbons (Fsp3) is 0.600. The summed E-state index contributed by atoms with van der Waals surface area (Å²) in [6.45, 7) is 5.92. The van der Waals surface area contributed by atoms with Gasteiger partial charge in [-0.05, 0) is 43.5 Å². The maximum absolute atomic E-state index is 12.5. The van der Waals surface area contributed by atoms with Crippen LogP contribution in [0, 0.1) is 5.92 Å². The standard InChI is InChI=1S/C15H23F2NO4S2/c1-11(2)5-4-6-12(3)18-24(21,22)14-9-7-13(8-10-14)23(19,20)15(16)17/h7-12,15,18H,4-6H2,1-3H3. The second-order valence-corrected chi connectivity index (χ2v) is 9.76. The van der Waals surface area contributed by atoms with Crippen molar-refractivity contribution in [3.05, 3.63) is 24.3 Å². The highest BCUT2D eigenvalue weighted by atomic mass is 32.2. The predicted molar refractivity (Wildman–Crippen MR) is 88.1 cm³/mol. The molecule has 0 amide bonds. The Kier molecular flexibility index (Phi) is 7.30. The number of nitrogens with one attached hydrogen (secondary N) is 1. The Hall–Kier alpha value is -1.06. The van der Waals surface area contributed by atoms with E-state index >= 15 is 0 Å². The largest absolute Gasteiger partial charge is 0.341 e. The number of hydrogen-bond acceptors (Lipinski definition) is 4. The number of sulfonamides is 1. The van der Waals surface area contributed by atoms with Gasteiger partial charge in [-0.15, -0.1) is 0 Å². The van der Waals surface area contributed by atoms with Gasteiger partial charge in [0.2, 0.25) is 19.9 Å². The molecule has 138 valence electrons. The molecule has 0 saturated carbocycles. The van der Waals surface area contributed by atoms with Crippen molar-refractivity contribution in [3.63, 3.8) is 0 Å². The monoisotopic (exact) mass is 383 g/mol. The smallest absolute Gasteiger partial charge is 0.218 e. The number of alkyl halides is 2. The van der Waals surface area contributed by atoms with E-state index in [1.165, 1.54) is 0 Å². The molecule has 0 radical (unpaired) electrons. The van der Waals surface area contributed by atoms with E-state index in [0.29, 0.717) is 12.3 Å². The van der Waals surface area contributed by atoms with Gasteiger partial charge in [0.25, 0.3) is 0 Å². The fourth-order valence-electron chi connectivity index (χ4n) is 2.14. The van der Waals surface area contributed by atoms with Gasteiger partial charge in [-0.1, -0.05) is 26.7 Å². The average molecular weight is 383 g/mol. The SMILES string of the molecule is CC(C)CCCC(C)NS(=O)(=O)c1ccc(S(=O)(=O)C(F)F)cc1. The molecule has 0 aliphatic carbocycles.